The molecule has 0 aliphatic carbocycles. The number of hydrogen-bond acceptors (Lipinski definition) is 10. The third-order valence-electron chi connectivity index (χ3n) is 8.30. The number of thiophene rings is 1. The van der Waals surface area contributed by atoms with Crippen LogP contribution < -0.4 is 20.1 Å². The number of nitrogen functional groups attached to an aromatic ring is 1. The van der Waals surface area contributed by atoms with Gasteiger partial charge < -0.3 is 25.2 Å². The third kappa shape index (κ3) is 4.86. The molecule has 9 nitrogen and oxygen atoms in total. The average Bonchev–Trinajstić information content (AvgIpc) is 3.65. The summed E-state index contributed by atoms with van der Waals surface area (Å²) in [5, 5.41) is 19.8. The molecule has 0 saturated carbocycles. The molecule has 3 aliphatic heterocycles. The van der Waals surface area contributed by atoms with E-state index in [1.165, 1.54) is 26.0 Å². The van der Waals surface area contributed by atoms with Gasteiger partial charge in [0, 0.05) is 30.6 Å². The van der Waals surface area contributed by atoms with Crippen LogP contribution in [0.5, 0.6) is 11.8 Å². The summed E-state index contributed by atoms with van der Waals surface area (Å²) >= 11 is 7.62. The molecule has 2 saturated heterocycles. The smallest absolute Gasteiger partial charge is 0.318 e. The van der Waals surface area contributed by atoms with Crippen molar-refractivity contribution >= 4 is 54.7 Å². The number of nitrogens with two attached hydrogens (primary N) is 1. The van der Waals surface area contributed by atoms with Gasteiger partial charge in [0.25, 0.3) is 0 Å². The maximum Gasteiger partial charge on any atom is 0.318 e. The highest BCUT2D eigenvalue weighted by atomic mass is 35.5. The molecule has 226 valence electrons. The maximum atomic E-state index is 16.2. The number of halogens is 4. The topological polar surface area (TPSA) is 121 Å². The Hall–Kier alpha value is -3.57. The monoisotopic (exact) mass is 632 g/mol. The second kappa shape index (κ2) is 11.5. The molecule has 3 aliphatic rings. The Labute approximate surface area is 254 Å². The van der Waals surface area contributed by atoms with Crippen LogP contribution in [0.2, 0.25) is 5.02 Å². The lowest BCUT2D eigenvalue weighted by Crippen LogP contribution is -2.39. The van der Waals surface area contributed by atoms with Crippen molar-refractivity contribution in [1.82, 2.24) is 14.9 Å². The average molecular weight is 633 g/mol. The van der Waals surface area contributed by atoms with Crippen LogP contribution in [0.25, 0.3) is 32.1 Å². The summed E-state index contributed by atoms with van der Waals surface area (Å²) in [5.41, 5.74) is 5.88. The van der Waals surface area contributed by atoms with Gasteiger partial charge >= 0.3 is 6.01 Å². The number of nitriles is 1. The number of benzene rings is 2. The first-order chi connectivity index (χ1) is 20.7. The summed E-state index contributed by atoms with van der Waals surface area (Å²) in [6.45, 7) is 1.62. The van der Waals surface area contributed by atoms with E-state index in [-0.39, 0.29) is 78.5 Å². The first-order valence-corrected chi connectivity index (χ1v) is 14.9. The minimum atomic E-state index is -0.827. The molecule has 3 N–H and O–H groups in total. The van der Waals surface area contributed by atoms with Crippen LogP contribution in [0.15, 0.2) is 12.1 Å². The van der Waals surface area contributed by atoms with Crippen molar-refractivity contribution in [3.05, 3.63) is 34.4 Å². The second-order valence-corrected chi connectivity index (χ2v) is 12.2. The zero-order valence-corrected chi connectivity index (χ0v) is 24.9. The molecule has 5 heterocycles. The van der Waals surface area contributed by atoms with E-state index in [2.05, 4.69) is 14.9 Å². The number of rotatable bonds is 3. The molecule has 2 fully saturated rings. The first-order valence-electron chi connectivity index (χ1n) is 13.7. The van der Waals surface area contributed by atoms with Crippen molar-refractivity contribution in [3.8, 4) is 29.0 Å². The molecule has 0 radical (unpaired) electrons. The van der Waals surface area contributed by atoms with Crippen molar-refractivity contribution < 1.29 is 27.8 Å². The zero-order valence-electron chi connectivity index (χ0n) is 23.3. The quantitative estimate of drug-likeness (QED) is 0.310. The van der Waals surface area contributed by atoms with Crippen molar-refractivity contribution in [2.24, 2.45) is 0 Å². The van der Waals surface area contributed by atoms with Gasteiger partial charge in [-0.05, 0) is 37.4 Å². The zero-order chi connectivity index (χ0) is 30.6. The lowest BCUT2D eigenvalue weighted by atomic mass is 9.96. The fourth-order valence-corrected chi connectivity index (χ4v) is 7.41. The third-order valence-corrected chi connectivity index (χ3v) is 9.68. The molecule has 14 heteroatoms. The second-order valence-electron chi connectivity index (χ2n) is 10.7. The number of anilines is 2. The molecule has 4 aromatic rings. The van der Waals surface area contributed by atoms with Crippen LogP contribution in [-0.2, 0) is 0 Å². The number of aromatic nitrogens is 2. The fraction of sp³-hybridized carbons (Fsp3) is 0.414. The van der Waals surface area contributed by atoms with Crippen molar-refractivity contribution in [2.45, 2.75) is 37.5 Å². The predicted molar refractivity (Wildman–Crippen MR) is 160 cm³/mol. The summed E-state index contributed by atoms with van der Waals surface area (Å²) < 4.78 is 54.6. The van der Waals surface area contributed by atoms with Gasteiger partial charge in [-0.15, -0.1) is 11.3 Å². The van der Waals surface area contributed by atoms with Crippen LogP contribution in [0.1, 0.15) is 24.8 Å². The highest BCUT2D eigenvalue weighted by molar-refractivity contribution is 7.23. The molecule has 0 bridgehead atoms. The standard InChI is InChI=1S/C22H16ClF2N5O3S.C7H12FN/c1-30-8(6-31)7-33-18-14-17(28-22(32-2)29-21(14)30)16(25)13(15(18)23)9-3-4-11(24)19-12(9)10(5-26)20(27)34-19;8-6-4-7-2-1-3-9(7)5-6/h3-4,8,31H,6-7,27H2,1-2H3;6-7H,1-5H2. The number of aliphatic hydroxyl groups is 1. The lowest BCUT2D eigenvalue weighted by Gasteiger charge is -2.25. The summed E-state index contributed by atoms with van der Waals surface area (Å²) in [4.78, 5) is 12.5. The van der Waals surface area contributed by atoms with Crippen LogP contribution in [0, 0.1) is 23.0 Å². The van der Waals surface area contributed by atoms with Crippen LogP contribution >= 0.6 is 22.9 Å². The maximum absolute atomic E-state index is 16.2. The van der Waals surface area contributed by atoms with E-state index in [9.17, 15) is 19.1 Å². The number of alkyl halides is 1. The van der Waals surface area contributed by atoms with Crippen molar-refractivity contribution in [3.63, 3.8) is 0 Å². The number of hydrogen-bond donors (Lipinski definition) is 2. The molecule has 3 atom stereocenters. The van der Waals surface area contributed by atoms with Crippen molar-refractivity contribution in [2.75, 3.05) is 51.1 Å². The highest BCUT2D eigenvalue weighted by Crippen LogP contribution is 2.50. The van der Waals surface area contributed by atoms with Crippen LogP contribution in [-0.4, -0.2) is 78.7 Å². The number of ether oxygens (including phenoxy) is 2. The summed E-state index contributed by atoms with van der Waals surface area (Å²) in [7, 11) is 3.02. The molecular weight excluding hydrogens is 605 g/mol. The van der Waals surface area contributed by atoms with Crippen LogP contribution in [0.4, 0.5) is 24.0 Å². The summed E-state index contributed by atoms with van der Waals surface area (Å²) in [6, 6.07) is 4.48. The van der Waals surface area contributed by atoms with E-state index in [1.54, 1.807) is 11.9 Å². The van der Waals surface area contributed by atoms with Gasteiger partial charge in [-0.25, -0.2) is 13.2 Å². The SMILES string of the molecule is COc1nc2c3c(c(Cl)c(-c4ccc(F)c5sc(N)c(C#N)c45)c(F)c3n1)OCC(CO)N2C.FC1CC2CCCN2C1. The van der Waals surface area contributed by atoms with Gasteiger partial charge in [-0.2, -0.15) is 15.2 Å². The molecule has 3 unspecified atom stereocenters. The Bertz CT molecular complexity index is 1770. The summed E-state index contributed by atoms with van der Waals surface area (Å²) in [5.74, 6) is -1.05. The normalized spacial score (nSPS) is 21.3. The van der Waals surface area contributed by atoms with Gasteiger partial charge in [0.15, 0.2) is 11.6 Å². The number of nitrogens with zero attached hydrogens (tertiary/aromatic N) is 5. The highest BCUT2D eigenvalue weighted by Gasteiger charge is 2.35. The van der Waals surface area contributed by atoms with Crippen LogP contribution in [0.3, 0.4) is 0 Å². The molecule has 0 amide bonds. The molecule has 2 aromatic heterocycles. The molecule has 2 aromatic carbocycles. The van der Waals surface area contributed by atoms with Gasteiger partial charge in [-0.1, -0.05) is 17.7 Å². The lowest BCUT2D eigenvalue weighted by molar-refractivity contribution is 0.206. The number of fused-ring (bicyclic) bond motifs is 2. The van der Waals surface area contributed by atoms with Crippen molar-refractivity contribution in [1.29, 1.82) is 5.26 Å². The predicted octanol–water partition coefficient (Wildman–Crippen LogP) is 5.29. The fourth-order valence-electron chi connectivity index (χ4n) is 6.13. The molecule has 0 spiro atoms. The van der Waals surface area contributed by atoms with Gasteiger partial charge in [0.05, 0.1) is 40.4 Å². The molecular formula is C29H28ClF3N6O3S. The van der Waals surface area contributed by atoms with E-state index in [1.807, 2.05) is 6.07 Å². The summed E-state index contributed by atoms with van der Waals surface area (Å²) in [6.07, 6.45) is 2.81. The van der Waals surface area contributed by atoms with Gasteiger partial charge in [-0.3, -0.25) is 4.90 Å². The van der Waals surface area contributed by atoms with E-state index in [0.717, 1.165) is 30.4 Å². The minimum Gasteiger partial charge on any atom is -0.489 e. The minimum absolute atomic E-state index is 0.0258. The Balaban J connectivity index is 0.000000310. The largest absolute Gasteiger partial charge is 0.489 e. The van der Waals surface area contributed by atoms with E-state index < -0.39 is 23.8 Å². The Morgan fingerprint density at radius 3 is 2.79 bits per heavy atom. The number of methoxy groups -OCH3 is 1. The number of aliphatic hydroxyl groups excluding tert-OH is 1. The van der Waals surface area contributed by atoms with Gasteiger partial charge in [0.2, 0.25) is 0 Å². The van der Waals surface area contributed by atoms with E-state index >= 15 is 4.39 Å². The van der Waals surface area contributed by atoms with E-state index in [4.69, 9.17) is 26.8 Å². The Morgan fingerprint density at radius 2 is 2.09 bits per heavy atom. The Kier molecular flexibility index (Phi) is 7.89. The molecule has 43 heavy (non-hydrogen) atoms. The van der Waals surface area contributed by atoms with Gasteiger partial charge in [0.1, 0.15) is 41.0 Å². The Morgan fingerprint density at radius 1 is 1.30 bits per heavy atom. The molecule has 7 rings (SSSR count). The van der Waals surface area contributed by atoms with E-state index in [0.29, 0.717) is 12.6 Å². The number of likely N-dealkylation sites (N-methyl/N-ethyl adjacent to an activating group) is 1. The first kappa shape index (κ1) is 29.5.